The molecule has 0 aliphatic rings. The normalized spacial score (nSPS) is 10.6. The standard InChI is InChI=1S/C11H7Cl2/c12-7-10-9-4-2-1-3-8(9)5-6-11(10)13/h1-5H,7H2. The molecule has 0 nitrogen and oxygen atoms in total. The molecule has 2 aromatic carbocycles. The number of fused-ring (bicyclic) bond motifs is 1. The molecule has 0 aliphatic carbocycles. The molecule has 0 saturated carbocycles. The van der Waals surface area contributed by atoms with Crippen LogP contribution in [0.4, 0.5) is 0 Å². The van der Waals surface area contributed by atoms with Crippen molar-refractivity contribution in [3.05, 3.63) is 47.0 Å². The lowest BCUT2D eigenvalue weighted by atomic mass is 10.1. The van der Waals surface area contributed by atoms with Crippen LogP contribution < -0.4 is 0 Å². The molecule has 1 radical (unpaired) electrons. The molecule has 65 valence electrons. The van der Waals surface area contributed by atoms with Gasteiger partial charge in [0.25, 0.3) is 0 Å². The first-order valence-corrected chi connectivity index (χ1v) is 4.88. The molecule has 2 heteroatoms. The molecule has 0 fully saturated rings. The monoisotopic (exact) mass is 209 g/mol. The summed E-state index contributed by atoms with van der Waals surface area (Å²) >= 11 is 11.8. The molecule has 13 heavy (non-hydrogen) atoms. The van der Waals surface area contributed by atoms with E-state index >= 15 is 0 Å². The summed E-state index contributed by atoms with van der Waals surface area (Å²) in [5.74, 6) is 0.427. The summed E-state index contributed by atoms with van der Waals surface area (Å²) < 4.78 is 0. The van der Waals surface area contributed by atoms with Crippen molar-refractivity contribution in [2.24, 2.45) is 0 Å². The quantitative estimate of drug-likeness (QED) is 0.623. The first-order valence-electron chi connectivity index (χ1n) is 3.96. The molecule has 0 atom stereocenters. The number of rotatable bonds is 1. The van der Waals surface area contributed by atoms with Gasteiger partial charge in [-0.05, 0) is 22.4 Å². The molecule has 0 unspecified atom stereocenters. The van der Waals surface area contributed by atoms with Gasteiger partial charge in [-0.3, -0.25) is 0 Å². The zero-order valence-corrected chi connectivity index (χ0v) is 8.36. The predicted molar refractivity (Wildman–Crippen MR) is 57.4 cm³/mol. The Morgan fingerprint density at radius 3 is 2.77 bits per heavy atom. The molecule has 0 aromatic heterocycles. The van der Waals surface area contributed by atoms with Crippen molar-refractivity contribution >= 4 is 34.0 Å². The molecule has 0 spiro atoms. The van der Waals surface area contributed by atoms with Gasteiger partial charge in [0.15, 0.2) is 0 Å². The fourth-order valence-electron chi connectivity index (χ4n) is 1.37. The van der Waals surface area contributed by atoms with Crippen molar-refractivity contribution < 1.29 is 0 Å². The Kier molecular flexibility index (Phi) is 2.43. The Hall–Kier alpha value is -0.720. The maximum absolute atomic E-state index is 5.96. The van der Waals surface area contributed by atoms with Crippen LogP contribution in [0.5, 0.6) is 0 Å². The summed E-state index contributed by atoms with van der Waals surface area (Å²) in [6.07, 6.45) is 0. The van der Waals surface area contributed by atoms with Crippen LogP contribution in [0.1, 0.15) is 5.56 Å². The van der Waals surface area contributed by atoms with Gasteiger partial charge in [-0.25, -0.2) is 0 Å². The highest BCUT2D eigenvalue weighted by Gasteiger charge is 2.03. The van der Waals surface area contributed by atoms with Gasteiger partial charge in [-0.15, -0.1) is 11.6 Å². The van der Waals surface area contributed by atoms with Crippen LogP contribution in [0, 0.1) is 6.07 Å². The Labute approximate surface area is 87.1 Å². The van der Waals surface area contributed by atoms with E-state index in [2.05, 4.69) is 6.07 Å². The molecule has 2 rings (SSSR count). The summed E-state index contributed by atoms with van der Waals surface area (Å²) in [7, 11) is 0. The second-order valence-electron chi connectivity index (χ2n) is 2.80. The fraction of sp³-hybridized carbons (Fsp3) is 0.0909. The average Bonchev–Trinajstić information content (AvgIpc) is 2.18. The Morgan fingerprint density at radius 1 is 1.23 bits per heavy atom. The first kappa shape index (κ1) is 8.86. The van der Waals surface area contributed by atoms with E-state index < -0.39 is 0 Å². The van der Waals surface area contributed by atoms with Crippen LogP contribution in [0.2, 0.25) is 5.02 Å². The third-order valence-corrected chi connectivity index (χ3v) is 2.64. The molecule has 2 aromatic rings. The highest BCUT2D eigenvalue weighted by molar-refractivity contribution is 6.33. The van der Waals surface area contributed by atoms with E-state index in [-0.39, 0.29) is 0 Å². The van der Waals surface area contributed by atoms with Crippen molar-refractivity contribution in [3.8, 4) is 0 Å². The average molecular weight is 210 g/mol. The Morgan fingerprint density at radius 2 is 2.00 bits per heavy atom. The summed E-state index contributed by atoms with van der Waals surface area (Å²) in [4.78, 5) is 0. The van der Waals surface area contributed by atoms with E-state index in [0.717, 1.165) is 16.3 Å². The van der Waals surface area contributed by atoms with Gasteiger partial charge in [0.2, 0.25) is 0 Å². The SMILES string of the molecule is ClCc1c(Cl)[c]cc2ccccc12. The molecular formula is C11H7Cl2. The minimum absolute atomic E-state index is 0.427. The maximum Gasteiger partial charge on any atom is 0.0535 e. The molecule has 0 heterocycles. The Balaban J connectivity index is 2.84. The molecule has 0 bridgehead atoms. The minimum Gasteiger partial charge on any atom is -0.121 e. The molecule has 0 saturated heterocycles. The predicted octanol–water partition coefficient (Wildman–Crippen LogP) is 4.03. The van der Waals surface area contributed by atoms with E-state index in [9.17, 15) is 0 Å². The summed E-state index contributed by atoms with van der Waals surface area (Å²) in [6, 6.07) is 12.9. The summed E-state index contributed by atoms with van der Waals surface area (Å²) in [5.41, 5.74) is 0.960. The topological polar surface area (TPSA) is 0 Å². The van der Waals surface area contributed by atoms with Gasteiger partial charge in [0.05, 0.1) is 5.02 Å². The second-order valence-corrected chi connectivity index (χ2v) is 3.45. The van der Waals surface area contributed by atoms with Crippen LogP contribution >= 0.6 is 23.2 Å². The third kappa shape index (κ3) is 1.52. The summed E-state index contributed by atoms with van der Waals surface area (Å²) in [5, 5.41) is 2.86. The number of hydrogen-bond donors (Lipinski definition) is 0. The molecule has 0 amide bonds. The number of hydrogen-bond acceptors (Lipinski definition) is 0. The third-order valence-electron chi connectivity index (χ3n) is 2.04. The lowest BCUT2D eigenvalue weighted by Crippen LogP contribution is -1.83. The van der Waals surface area contributed by atoms with Crippen molar-refractivity contribution in [1.29, 1.82) is 0 Å². The van der Waals surface area contributed by atoms with E-state index in [4.69, 9.17) is 23.2 Å². The smallest absolute Gasteiger partial charge is 0.0535 e. The highest BCUT2D eigenvalue weighted by atomic mass is 35.5. The molecule has 0 aliphatic heterocycles. The minimum atomic E-state index is 0.427. The van der Waals surface area contributed by atoms with E-state index in [1.54, 1.807) is 0 Å². The first-order chi connectivity index (χ1) is 6.33. The molecule has 0 N–H and O–H groups in total. The Bertz CT molecular complexity index is 435. The van der Waals surface area contributed by atoms with Crippen LogP contribution in [0.15, 0.2) is 30.3 Å². The number of halogens is 2. The molecular weight excluding hydrogens is 203 g/mol. The number of benzene rings is 2. The zero-order chi connectivity index (χ0) is 9.26. The lowest BCUT2D eigenvalue weighted by molar-refractivity contribution is 1.45. The van der Waals surface area contributed by atoms with E-state index in [0.29, 0.717) is 10.9 Å². The number of alkyl halides is 1. The van der Waals surface area contributed by atoms with Gasteiger partial charge in [0.1, 0.15) is 0 Å². The van der Waals surface area contributed by atoms with Crippen molar-refractivity contribution in [3.63, 3.8) is 0 Å². The van der Waals surface area contributed by atoms with Crippen molar-refractivity contribution in [1.82, 2.24) is 0 Å². The van der Waals surface area contributed by atoms with Gasteiger partial charge < -0.3 is 0 Å². The maximum atomic E-state index is 5.96. The van der Waals surface area contributed by atoms with Gasteiger partial charge in [-0.1, -0.05) is 35.9 Å². The fourth-order valence-corrected chi connectivity index (χ4v) is 1.94. The van der Waals surface area contributed by atoms with Crippen LogP contribution in [-0.4, -0.2) is 0 Å². The lowest BCUT2D eigenvalue weighted by Gasteiger charge is -2.04. The van der Waals surface area contributed by atoms with Gasteiger partial charge in [0, 0.05) is 11.9 Å². The van der Waals surface area contributed by atoms with Crippen molar-refractivity contribution in [2.75, 3.05) is 0 Å². The van der Waals surface area contributed by atoms with Crippen LogP contribution in [-0.2, 0) is 5.88 Å². The van der Waals surface area contributed by atoms with E-state index in [1.807, 2.05) is 30.3 Å². The largest absolute Gasteiger partial charge is 0.121 e. The highest BCUT2D eigenvalue weighted by Crippen LogP contribution is 2.26. The summed E-state index contributed by atoms with van der Waals surface area (Å²) in [6.45, 7) is 0. The van der Waals surface area contributed by atoms with Gasteiger partial charge in [-0.2, -0.15) is 0 Å². The zero-order valence-electron chi connectivity index (χ0n) is 6.85. The van der Waals surface area contributed by atoms with Crippen LogP contribution in [0.25, 0.3) is 10.8 Å². The van der Waals surface area contributed by atoms with Crippen LogP contribution in [0.3, 0.4) is 0 Å². The van der Waals surface area contributed by atoms with E-state index in [1.165, 1.54) is 0 Å². The van der Waals surface area contributed by atoms with Gasteiger partial charge >= 0.3 is 0 Å². The van der Waals surface area contributed by atoms with Crippen molar-refractivity contribution in [2.45, 2.75) is 5.88 Å². The second kappa shape index (κ2) is 3.57.